The Bertz CT molecular complexity index is 1040. The third kappa shape index (κ3) is 6.25. The van der Waals surface area contributed by atoms with Crippen LogP contribution in [-0.2, 0) is 16.1 Å². The molecule has 3 aliphatic rings. The van der Waals surface area contributed by atoms with Gasteiger partial charge in [0.05, 0.1) is 24.2 Å². The summed E-state index contributed by atoms with van der Waals surface area (Å²) in [5.74, 6) is -0.907. The molecule has 0 aromatic heterocycles. The highest BCUT2D eigenvalue weighted by molar-refractivity contribution is 8.93. The van der Waals surface area contributed by atoms with E-state index in [0.717, 1.165) is 36.0 Å². The van der Waals surface area contributed by atoms with E-state index >= 15 is 0 Å². The Morgan fingerprint density at radius 2 is 1.68 bits per heavy atom. The first-order valence-electron chi connectivity index (χ1n) is 11.1. The van der Waals surface area contributed by atoms with E-state index in [1.807, 2.05) is 24.3 Å². The number of hydrogen-bond acceptors (Lipinski definition) is 5. The largest absolute Gasteiger partial charge is 0.478 e. The zero-order valence-electron chi connectivity index (χ0n) is 19.0. The van der Waals surface area contributed by atoms with E-state index in [0.29, 0.717) is 31.2 Å². The molecule has 0 amide bonds. The number of nitrogens with zero attached hydrogens (tertiary/aromatic N) is 1. The summed E-state index contributed by atoms with van der Waals surface area (Å²) in [5, 5.41) is 9.18. The third-order valence-electron chi connectivity index (χ3n) is 6.64. The average Bonchev–Trinajstić information content (AvgIpc) is 2.81. The lowest BCUT2D eigenvalue weighted by molar-refractivity contribution is -0.958. The molecule has 0 radical (unpaired) electrons. The maximum Gasteiger partial charge on any atom is 0.338 e. The quantitative estimate of drug-likeness (QED) is 0.279. The van der Waals surface area contributed by atoms with Gasteiger partial charge in [-0.15, -0.1) is 34.0 Å². The van der Waals surface area contributed by atoms with E-state index < -0.39 is 11.9 Å². The van der Waals surface area contributed by atoms with Crippen LogP contribution in [0.1, 0.15) is 52.5 Å². The van der Waals surface area contributed by atoms with Gasteiger partial charge in [-0.25, -0.2) is 9.59 Å². The molecule has 1 N–H and O–H groups in total. The SMILES string of the molecule is Br.Br.CCC(=O)Oc1ccccc1C[N+]12CCC(CC1)C(OC(=O)c1cccc(C(=O)O)c1)C2. The zero-order chi connectivity index (χ0) is 22.7. The van der Waals surface area contributed by atoms with Crippen molar-refractivity contribution in [2.75, 3.05) is 19.6 Å². The summed E-state index contributed by atoms with van der Waals surface area (Å²) >= 11 is 0. The molecule has 2 bridgehead atoms. The Kier molecular flexibility index (Phi) is 9.84. The first-order valence-corrected chi connectivity index (χ1v) is 11.1. The molecule has 0 aliphatic carbocycles. The fraction of sp³-hybridized carbons (Fsp3) is 0.400. The van der Waals surface area contributed by atoms with Crippen LogP contribution in [0.15, 0.2) is 48.5 Å². The number of ether oxygens (including phenoxy) is 2. The lowest BCUT2D eigenvalue weighted by Crippen LogP contribution is -2.63. The van der Waals surface area contributed by atoms with E-state index in [-0.39, 0.29) is 57.2 Å². The van der Waals surface area contributed by atoms with Crippen LogP contribution in [0, 0.1) is 5.92 Å². The number of aromatic carboxylic acids is 1. The minimum absolute atomic E-state index is 0. The first-order chi connectivity index (χ1) is 15.4. The monoisotopic (exact) mass is 598 g/mol. The summed E-state index contributed by atoms with van der Waals surface area (Å²) in [6.07, 6.45) is 2.02. The van der Waals surface area contributed by atoms with Crippen LogP contribution in [0.4, 0.5) is 0 Å². The van der Waals surface area contributed by atoms with Crippen molar-refractivity contribution in [3.8, 4) is 5.75 Å². The van der Waals surface area contributed by atoms with E-state index in [9.17, 15) is 19.5 Å². The van der Waals surface area contributed by atoms with Gasteiger partial charge in [-0.3, -0.25) is 4.79 Å². The van der Waals surface area contributed by atoms with Crippen molar-refractivity contribution in [2.24, 2.45) is 5.92 Å². The highest BCUT2D eigenvalue weighted by Crippen LogP contribution is 2.38. The zero-order valence-corrected chi connectivity index (χ0v) is 22.4. The summed E-state index contributed by atoms with van der Waals surface area (Å²) in [5.41, 5.74) is 1.30. The molecule has 9 heteroatoms. The molecule has 0 saturated carbocycles. The fourth-order valence-electron chi connectivity index (χ4n) is 4.85. The molecule has 34 heavy (non-hydrogen) atoms. The minimum atomic E-state index is -1.07. The second-order valence-electron chi connectivity index (χ2n) is 8.73. The molecule has 3 heterocycles. The van der Waals surface area contributed by atoms with E-state index in [1.165, 1.54) is 12.1 Å². The highest BCUT2D eigenvalue weighted by atomic mass is 79.9. The molecule has 1 atom stereocenters. The number of quaternary nitrogens is 1. The molecule has 2 aromatic carbocycles. The molecular formula is C25H30Br2NO6+. The van der Waals surface area contributed by atoms with Crippen molar-refractivity contribution < 1.29 is 33.4 Å². The number of carboxylic acid groups (broad SMARTS) is 1. The topological polar surface area (TPSA) is 89.9 Å². The number of carbonyl (C=O) groups is 3. The maximum absolute atomic E-state index is 12.8. The number of fused-ring (bicyclic) bond motifs is 3. The van der Waals surface area contributed by atoms with Crippen LogP contribution >= 0.6 is 34.0 Å². The minimum Gasteiger partial charge on any atom is -0.478 e. The van der Waals surface area contributed by atoms with Crippen molar-refractivity contribution in [3.05, 3.63) is 65.2 Å². The number of halogens is 2. The molecule has 7 nitrogen and oxygen atoms in total. The molecule has 0 spiro atoms. The molecule has 184 valence electrons. The maximum atomic E-state index is 12.8. The molecule has 5 rings (SSSR count). The van der Waals surface area contributed by atoms with Crippen molar-refractivity contribution in [1.82, 2.24) is 0 Å². The van der Waals surface area contributed by atoms with Crippen LogP contribution < -0.4 is 4.74 Å². The van der Waals surface area contributed by atoms with Crippen molar-refractivity contribution >= 4 is 51.9 Å². The number of carbonyl (C=O) groups excluding carboxylic acids is 2. The van der Waals surface area contributed by atoms with Gasteiger partial charge in [-0.2, -0.15) is 0 Å². The lowest BCUT2D eigenvalue weighted by Gasteiger charge is -2.52. The third-order valence-corrected chi connectivity index (χ3v) is 6.64. The van der Waals surface area contributed by atoms with Gasteiger partial charge in [0.2, 0.25) is 0 Å². The van der Waals surface area contributed by atoms with Gasteiger partial charge in [0, 0.05) is 30.7 Å². The second-order valence-corrected chi connectivity index (χ2v) is 8.73. The first kappa shape index (κ1) is 28.0. The van der Waals surface area contributed by atoms with E-state index in [2.05, 4.69) is 0 Å². The summed E-state index contributed by atoms with van der Waals surface area (Å²) in [6.45, 7) is 5.16. The predicted octanol–water partition coefficient (Wildman–Crippen LogP) is 4.82. The fourth-order valence-corrected chi connectivity index (χ4v) is 4.85. The van der Waals surface area contributed by atoms with Crippen molar-refractivity contribution in [1.29, 1.82) is 0 Å². The smallest absolute Gasteiger partial charge is 0.338 e. The summed E-state index contributed by atoms with van der Waals surface area (Å²) in [7, 11) is 0. The Hall–Kier alpha value is -2.23. The van der Waals surface area contributed by atoms with Gasteiger partial charge in [0.25, 0.3) is 0 Å². The normalized spacial score (nSPS) is 22.6. The van der Waals surface area contributed by atoms with Crippen LogP contribution in [0.5, 0.6) is 5.75 Å². The molecular weight excluding hydrogens is 570 g/mol. The average molecular weight is 600 g/mol. The van der Waals surface area contributed by atoms with E-state index in [4.69, 9.17) is 9.47 Å². The summed E-state index contributed by atoms with van der Waals surface area (Å²) in [4.78, 5) is 35.8. The number of benzene rings is 2. The standard InChI is InChI=1S/C25H27NO6.2BrH/c1-2-23(27)31-21-9-4-3-6-20(21)15-26-12-10-17(11-13-26)22(16-26)32-25(30)19-8-5-7-18(14-19)24(28)29;;/h3-9,14,17,22H,2,10-13,15-16H2,1H3;2*1H/p+1. The Balaban J connectivity index is 0.00000204. The number of carboxylic acids is 1. The highest BCUT2D eigenvalue weighted by Gasteiger charge is 2.48. The molecule has 1 unspecified atom stereocenters. The summed E-state index contributed by atoms with van der Waals surface area (Å²) < 4.78 is 12.2. The number of esters is 2. The van der Waals surface area contributed by atoms with Gasteiger partial charge < -0.3 is 19.1 Å². The van der Waals surface area contributed by atoms with Gasteiger partial charge in [-0.1, -0.05) is 25.1 Å². The van der Waals surface area contributed by atoms with E-state index in [1.54, 1.807) is 19.1 Å². The van der Waals surface area contributed by atoms with Crippen LogP contribution in [0.3, 0.4) is 0 Å². The Labute approximate surface area is 220 Å². The lowest BCUT2D eigenvalue weighted by atomic mass is 9.82. The number of para-hydroxylation sites is 1. The van der Waals surface area contributed by atoms with Crippen LogP contribution in [0.2, 0.25) is 0 Å². The van der Waals surface area contributed by atoms with Crippen molar-refractivity contribution in [3.63, 3.8) is 0 Å². The van der Waals surface area contributed by atoms with Gasteiger partial charge in [0.1, 0.15) is 18.8 Å². The molecule has 2 aromatic rings. The predicted molar refractivity (Wildman–Crippen MR) is 137 cm³/mol. The Morgan fingerprint density at radius 1 is 1.00 bits per heavy atom. The number of rotatable bonds is 7. The summed E-state index contributed by atoms with van der Waals surface area (Å²) in [6, 6.07) is 13.6. The molecule has 3 aliphatic heterocycles. The number of hydrogen-bond donors (Lipinski definition) is 1. The second kappa shape index (κ2) is 12.0. The number of piperidine rings is 3. The van der Waals surface area contributed by atoms with Crippen LogP contribution in [-0.4, -0.2) is 53.2 Å². The molecule has 3 saturated heterocycles. The molecule has 3 fully saturated rings. The Morgan fingerprint density at radius 3 is 2.35 bits per heavy atom. The van der Waals surface area contributed by atoms with Gasteiger partial charge in [0.15, 0.2) is 6.10 Å². The van der Waals surface area contributed by atoms with Crippen LogP contribution in [0.25, 0.3) is 0 Å². The van der Waals surface area contributed by atoms with Gasteiger partial charge in [-0.05, 0) is 30.3 Å². The van der Waals surface area contributed by atoms with Gasteiger partial charge >= 0.3 is 17.9 Å². The van der Waals surface area contributed by atoms with Crippen molar-refractivity contribution in [2.45, 2.75) is 38.8 Å².